The highest BCUT2D eigenvalue weighted by molar-refractivity contribution is 5.85. The average molecular weight is 262 g/mol. The molecular formula is C16H10N2O2. The van der Waals surface area contributed by atoms with E-state index in [1.54, 1.807) is 30.5 Å². The summed E-state index contributed by atoms with van der Waals surface area (Å²) in [6, 6.07) is 16.0. The summed E-state index contributed by atoms with van der Waals surface area (Å²) in [5.74, 6) is 1.20. The molecule has 3 rings (SSSR count). The monoisotopic (exact) mass is 262 g/mol. The molecular weight excluding hydrogens is 252 g/mol. The lowest BCUT2D eigenvalue weighted by molar-refractivity contribution is 0.475. The van der Waals surface area contributed by atoms with E-state index >= 15 is 0 Å². The zero-order valence-corrected chi connectivity index (χ0v) is 10.4. The van der Waals surface area contributed by atoms with Gasteiger partial charge < -0.3 is 9.84 Å². The van der Waals surface area contributed by atoms with E-state index in [0.29, 0.717) is 11.5 Å². The summed E-state index contributed by atoms with van der Waals surface area (Å²) in [6.45, 7) is 0. The first-order valence-corrected chi connectivity index (χ1v) is 6.02. The molecule has 0 bridgehead atoms. The maximum Gasteiger partial charge on any atom is 0.183 e. The first kappa shape index (κ1) is 12.0. The number of nitrogens with zero attached hydrogens (tertiary/aromatic N) is 2. The van der Waals surface area contributed by atoms with E-state index in [9.17, 15) is 5.11 Å². The predicted octanol–water partition coefficient (Wildman–Crippen LogP) is 3.60. The number of hydrogen-bond donors (Lipinski definition) is 1. The third-order valence-electron chi connectivity index (χ3n) is 2.90. The van der Waals surface area contributed by atoms with Crippen molar-refractivity contribution in [2.75, 3.05) is 0 Å². The first-order chi connectivity index (χ1) is 9.76. The minimum absolute atomic E-state index is 0.203. The molecule has 0 aliphatic carbocycles. The van der Waals surface area contributed by atoms with E-state index in [2.05, 4.69) is 4.98 Å². The molecule has 1 aromatic heterocycles. The highest BCUT2D eigenvalue weighted by atomic mass is 16.5. The van der Waals surface area contributed by atoms with Crippen LogP contribution in [0.25, 0.3) is 10.8 Å². The van der Waals surface area contributed by atoms with Crippen molar-refractivity contribution in [2.45, 2.75) is 0 Å². The number of nitriles is 1. The first-order valence-electron chi connectivity index (χ1n) is 6.02. The van der Waals surface area contributed by atoms with Crippen LogP contribution in [-0.4, -0.2) is 10.1 Å². The molecule has 4 heteroatoms. The molecule has 0 aliphatic rings. The number of benzene rings is 2. The number of aromatic nitrogens is 1. The van der Waals surface area contributed by atoms with E-state index in [1.807, 2.05) is 30.3 Å². The smallest absolute Gasteiger partial charge is 0.183 e. The topological polar surface area (TPSA) is 66.1 Å². The minimum Gasteiger partial charge on any atom is -0.508 e. The summed E-state index contributed by atoms with van der Waals surface area (Å²) in [7, 11) is 0. The number of aromatic hydroxyl groups is 1. The molecule has 20 heavy (non-hydrogen) atoms. The van der Waals surface area contributed by atoms with Crippen LogP contribution in [-0.2, 0) is 0 Å². The van der Waals surface area contributed by atoms with Crippen molar-refractivity contribution in [3.63, 3.8) is 0 Å². The fourth-order valence-corrected chi connectivity index (χ4v) is 1.96. The van der Waals surface area contributed by atoms with Gasteiger partial charge in [0, 0.05) is 6.20 Å². The molecule has 0 fully saturated rings. The Bertz CT molecular complexity index is 822. The second-order valence-corrected chi connectivity index (χ2v) is 4.26. The lowest BCUT2D eigenvalue weighted by Gasteiger charge is -2.07. The van der Waals surface area contributed by atoms with Crippen molar-refractivity contribution < 1.29 is 9.84 Å². The molecule has 0 unspecified atom stereocenters. The zero-order valence-electron chi connectivity index (χ0n) is 10.4. The second-order valence-electron chi connectivity index (χ2n) is 4.26. The van der Waals surface area contributed by atoms with Crippen molar-refractivity contribution in [3.8, 4) is 23.3 Å². The number of pyridine rings is 1. The van der Waals surface area contributed by atoms with E-state index in [4.69, 9.17) is 10.00 Å². The molecule has 0 saturated carbocycles. The fourth-order valence-electron chi connectivity index (χ4n) is 1.96. The molecule has 96 valence electrons. The molecule has 1 heterocycles. The second kappa shape index (κ2) is 4.90. The largest absolute Gasteiger partial charge is 0.508 e. The van der Waals surface area contributed by atoms with Crippen LogP contribution in [0.1, 0.15) is 5.69 Å². The Morgan fingerprint density at radius 3 is 2.75 bits per heavy atom. The van der Waals surface area contributed by atoms with Crippen molar-refractivity contribution in [3.05, 3.63) is 60.4 Å². The standard InChI is InChI=1S/C16H10N2O2/c17-10-15-16(2-1-7-18-15)20-14-6-4-11-3-5-13(19)8-12(11)9-14/h1-9,19H. The summed E-state index contributed by atoms with van der Waals surface area (Å²) >= 11 is 0. The summed E-state index contributed by atoms with van der Waals surface area (Å²) in [5.41, 5.74) is 0.239. The Morgan fingerprint density at radius 2 is 1.90 bits per heavy atom. The van der Waals surface area contributed by atoms with Crippen molar-refractivity contribution in [1.82, 2.24) is 4.98 Å². The summed E-state index contributed by atoms with van der Waals surface area (Å²) in [4.78, 5) is 3.94. The summed E-state index contributed by atoms with van der Waals surface area (Å²) in [6.07, 6.45) is 1.55. The molecule has 0 spiro atoms. The van der Waals surface area contributed by atoms with E-state index in [0.717, 1.165) is 10.8 Å². The Hall–Kier alpha value is -3.06. The van der Waals surface area contributed by atoms with Crippen LogP contribution >= 0.6 is 0 Å². The quantitative estimate of drug-likeness (QED) is 0.766. The Balaban J connectivity index is 2.01. The molecule has 1 N–H and O–H groups in total. The van der Waals surface area contributed by atoms with Gasteiger partial charge in [0.2, 0.25) is 0 Å². The van der Waals surface area contributed by atoms with Crippen LogP contribution in [0.2, 0.25) is 0 Å². The molecule has 2 aromatic carbocycles. The normalized spacial score (nSPS) is 10.2. The molecule has 4 nitrogen and oxygen atoms in total. The molecule has 0 atom stereocenters. The number of ether oxygens (including phenoxy) is 1. The van der Waals surface area contributed by atoms with Gasteiger partial charge >= 0.3 is 0 Å². The third-order valence-corrected chi connectivity index (χ3v) is 2.90. The van der Waals surface area contributed by atoms with Gasteiger partial charge in [0.05, 0.1) is 0 Å². The number of hydrogen-bond acceptors (Lipinski definition) is 4. The number of phenolic OH excluding ortho intramolecular Hbond substituents is 1. The van der Waals surface area contributed by atoms with Gasteiger partial charge in [-0.2, -0.15) is 5.26 Å². The Morgan fingerprint density at radius 1 is 1.05 bits per heavy atom. The third kappa shape index (κ3) is 2.25. The van der Waals surface area contributed by atoms with Gasteiger partial charge in [-0.05, 0) is 47.2 Å². The molecule has 3 aromatic rings. The van der Waals surface area contributed by atoms with Crippen LogP contribution in [0.5, 0.6) is 17.2 Å². The Labute approximate surface area is 115 Å². The summed E-state index contributed by atoms with van der Waals surface area (Å²) < 4.78 is 5.68. The van der Waals surface area contributed by atoms with Crippen molar-refractivity contribution in [2.24, 2.45) is 0 Å². The number of fused-ring (bicyclic) bond motifs is 1. The van der Waals surface area contributed by atoms with Crippen LogP contribution in [0.4, 0.5) is 0 Å². The Kier molecular flexibility index (Phi) is 2.94. The highest BCUT2D eigenvalue weighted by Gasteiger charge is 2.05. The minimum atomic E-state index is 0.203. The van der Waals surface area contributed by atoms with Gasteiger partial charge in [-0.1, -0.05) is 12.1 Å². The molecule has 0 radical (unpaired) electrons. The fraction of sp³-hybridized carbons (Fsp3) is 0. The van der Waals surface area contributed by atoms with Crippen LogP contribution < -0.4 is 4.74 Å². The van der Waals surface area contributed by atoms with Gasteiger partial charge in [-0.25, -0.2) is 4.98 Å². The van der Waals surface area contributed by atoms with Gasteiger partial charge in [-0.3, -0.25) is 0 Å². The van der Waals surface area contributed by atoms with Crippen molar-refractivity contribution in [1.29, 1.82) is 5.26 Å². The average Bonchev–Trinajstić information content (AvgIpc) is 2.47. The van der Waals surface area contributed by atoms with Gasteiger partial charge in [-0.15, -0.1) is 0 Å². The lowest BCUT2D eigenvalue weighted by atomic mass is 10.1. The SMILES string of the molecule is N#Cc1ncccc1Oc1ccc2ccc(O)cc2c1. The van der Waals surface area contributed by atoms with E-state index in [-0.39, 0.29) is 11.4 Å². The predicted molar refractivity (Wildman–Crippen MR) is 74.6 cm³/mol. The van der Waals surface area contributed by atoms with Gasteiger partial charge in [0.15, 0.2) is 11.4 Å². The molecule has 0 saturated heterocycles. The maximum absolute atomic E-state index is 9.50. The lowest BCUT2D eigenvalue weighted by Crippen LogP contribution is -1.90. The van der Waals surface area contributed by atoms with Crippen molar-refractivity contribution >= 4 is 10.8 Å². The molecule has 0 amide bonds. The van der Waals surface area contributed by atoms with Crippen LogP contribution in [0.3, 0.4) is 0 Å². The number of rotatable bonds is 2. The van der Waals surface area contributed by atoms with E-state index < -0.39 is 0 Å². The van der Waals surface area contributed by atoms with E-state index in [1.165, 1.54) is 0 Å². The molecule has 0 aliphatic heterocycles. The van der Waals surface area contributed by atoms with Gasteiger partial charge in [0.25, 0.3) is 0 Å². The van der Waals surface area contributed by atoms with Crippen LogP contribution in [0, 0.1) is 11.3 Å². The zero-order chi connectivity index (χ0) is 13.9. The van der Waals surface area contributed by atoms with Crippen LogP contribution in [0.15, 0.2) is 54.7 Å². The van der Waals surface area contributed by atoms with Gasteiger partial charge in [0.1, 0.15) is 17.6 Å². The summed E-state index contributed by atoms with van der Waals surface area (Å²) in [5, 5.41) is 20.3. The maximum atomic E-state index is 9.50. The number of phenols is 1. The highest BCUT2D eigenvalue weighted by Crippen LogP contribution is 2.28.